The van der Waals surface area contributed by atoms with E-state index in [0.29, 0.717) is 37.1 Å². The molecule has 174 valence electrons. The number of nitro benzene ring substituents is 1. The number of halogens is 2. The van der Waals surface area contributed by atoms with Crippen molar-refractivity contribution in [3.05, 3.63) is 89.5 Å². The number of carbonyl (C=O) groups excluding carboxylic acids is 2. The number of rotatable bonds is 7. The average molecular weight is 562 g/mol. The highest BCUT2D eigenvalue weighted by Gasteiger charge is 2.33. The van der Waals surface area contributed by atoms with Gasteiger partial charge >= 0.3 is 0 Å². The fourth-order valence-corrected chi connectivity index (χ4v) is 5.01. The molecule has 0 saturated carbocycles. The van der Waals surface area contributed by atoms with Gasteiger partial charge in [0.05, 0.1) is 39.0 Å². The summed E-state index contributed by atoms with van der Waals surface area (Å²) in [6, 6.07) is 13.2. The van der Waals surface area contributed by atoms with Gasteiger partial charge < -0.3 is 10.6 Å². The van der Waals surface area contributed by atoms with Crippen molar-refractivity contribution >= 4 is 62.4 Å². The second kappa shape index (κ2) is 10.9. The van der Waals surface area contributed by atoms with Gasteiger partial charge in [0.2, 0.25) is 5.91 Å². The molecular weight excluding hydrogens is 544 g/mol. The van der Waals surface area contributed by atoms with Crippen LogP contribution in [0.25, 0.3) is 0 Å². The maximum absolute atomic E-state index is 12.6. The number of non-ortho nitro benzene ring substituents is 1. The fourth-order valence-electron chi connectivity index (χ4n) is 3.52. The van der Waals surface area contributed by atoms with Gasteiger partial charge in [-0.3, -0.25) is 19.7 Å². The van der Waals surface area contributed by atoms with Gasteiger partial charge in [0.25, 0.3) is 5.69 Å². The number of hydrogen-bond acceptors (Lipinski definition) is 7. The van der Waals surface area contributed by atoms with Crippen molar-refractivity contribution in [2.75, 3.05) is 11.1 Å². The van der Waals surface area contributed by atoms with E-state index >= 15 is 0 Å². The Morgan fingerprint density at radius 1 is 1.29 bits per heavy atom. The summed E-state index contributed by atoms with van der Waals surface area (Å²) < 4.78 is 0.375. The molecule has 0 fully saturated rings. The molecule has 0 aromatic heterocycles. The number of nitrogens with zero attached hydrogens (tertiary/aromatic N) is 2. The summed E-state index contributed by atoms with van der Waals surface area (Å²) in [7, 11) is 0. The molecule has 0 spiro atoms. The van der Waals surface area contributed by atoms with Crippen LogP contribution in [0.1, 0.15) is 25.3 Å². The molecule has 0 saturated heterocycles. The molecule has 2 aromatic carbocycles. The minimum absolute atomic E-state index is 0.0348. The number of nitriles is 1. The third-order valence-electron chi connectivity index (χ3n) is 5.02. The molecular formula is C23H18BrClN4O4S. The summed E-state index contributed by atoms with van der Waals surface area (Å²) in [4.78, 5) is 35.3. The third-order valence-corrected chi connectivity index (χ3v) is 6.94. The zero-order chi connectivity index (χ0) is 25.0. The van der Waals surface area contributed by atoms with E-state index in [4.69, 9.17) is 11.6 Å². The molecule has 1 atom stereocenters. The summed E-state index contributed by atoms with van der Waals surface area (Å²) >= 11 is 10.4. The van der Waals surface area contributed by atoms with Crippen LogP contribution in [0, 0.1) is 21.4 Å². The van der Waals surface area contributed by atoms with E-state index in [1.807, 2.05) is 0 Å². The van der Waals surface area contributed by atoms with Gasteiger partial charge in [0.1, 0.15) is 0 Å². The molecule has 8 nitrogen and oxygen atoms in total. The van der Waals surface area contributed by atoms with Crippen LogP contribution in [-0.4, -0.2) is 22.4 Å². The Hall–Kier alpha value is -3.13. The average Bonchev–Trinajstić information content (AvgIpc) is 2.78. The molecule has 0 bridgehead atoms. The van der Waals surface area contributed by atoms with Crippen LogP contribution in [-0.2, 0) is 9.59 Å². The lowest BCUT2D eigenvalue weighted by Gasteiger charge is -2.29. The number of amides is 1. The lowest BCUT2D eigenvalue weighted by atomic mass is 9.81. The van der Waals surface area contributed by atoms with Crippen LogP contribution in [0.5, 0.6) is 0 Å². The summed E-state index contributed by atoms with van der Waals surface area (Å²) in [5.41, 5.74) is 2.43. The number of hydrogen-bond donors (Lipinski definition) is 2. The van der Waals surface area contributed by atoms with E-state index in [2.05, 4.69) is 32.6 Å². The Labute approximate surface area is 213 Å². The number of dihydropyridines is 1. The van der Waals surface area contributed by atoms with Crippen molar-refractivity contribution in [2.24, 2.45) is 0 Å². The van der Waals surface area contributed by atoms with Crippen LogP contribution in [0.2, 0.25) is 5.02 Å². The topological polar surface area (TPSA) is 125 Å². The minimum atomic E-state index is -0.588. The van der Waals surface area contributed by atoms with E-state index in [-0.39, 0.29) is 23.1 Å². The molecule has 1 amide bonds. The van der Waals surface area contributed by atoms with Crippen molar-refractivity contribution in [1.29, 1.82) is 5.26 Å². The second-order valence-corrected chi connectivity index (χ2v) is 9.59. The molecule has 3 rings (SSSR count). The van der Waals surface area contributed by atoms with Crippen molar-refractivity contribution in [1.82, 2.24) is 5.32 Å². The van der Waals surface area contributed by atoms with Gasteiger partial charge in [-0.15, -0.1) is 0 Å². The molecule has 34 heavy (non-hydrogen) atoms. The molecule has 0 aliphatic carbocycles. The maximum atomic E-state index is 12.6. The normalized spacial score (nSPS) is 15.4. The molecule has 2 aromatic rings. The highest BCUT2D eigenvalue weighted by Crippen LogP contribution is 2.41. The summed E-state index contributed by atoms with van der Waals surface area (Å²) in [5, 5.41) is 27.6. The Bertz CT molecular complexity index is 1280. The smallest absolute Gasteiger partial charge is 0.270 e. The summed E-state index contributed by atoms with van der Waals surface area (Å²) in [6.07, 6.45) is 0. The zero-order valence-electron chi connectivity index (χ0n) is 18.0. The SMILES string of the molecule is CC(=O)C1=C(C)NC(SCC(=O)Nc2ccc([N+](=O)[O-])cc2Br)=C(C#N)[C@H]1c1ccc(Cl)cc1. The number of thioether (sulfide) groups is 1. The first-order chi connectivity index (χ1) is 16.1. The van der Waals surface area contributed by atoms with Crippen LogP contribution in [0.15, 0.2) is 68.8 Å². The van der Waals surface area contributed by atoms with Crippen LogP contribution < -0.4 is 10.6 Å². The number of Topliss-reactive ketones (excluding diaryl/α,β-unsaturated/α-hetero) is 1. The van der Waals surface area contributed by atoms with Crippen LogP contribution in [0.3, 0.4) is 0 Å². The van der Waals surface area contributed by atoms with Gasteiger partial charge in [-0.1, -0.05) is 35.5 Å². The highest BCUT2D eigenvalue weighted by molar-refractivity contribution is 9.10. The first-order valence-electron chi connectivity index (χ1n) is 9.87. The maximum Gasteiger partial charge on any atom is 0.270 e. The molecule has 1 aliphatic rings. The number of nitrogens with one attached hydrogen (secondary N) is 2. The first kappa shape index (κ1) is 25.5. The fraction of sp³-hybridized carbons (Fsp3) is 0.174. The predicted molar refractivity (Wildman–Crippen MR) is 135 cm³/mol. The predicted octanol–water partition coefficient (Wildman–Crippen LogP) is 5.67. The minimum Gasteiger partial charge on any atom is -0.353 e. The van der Waals surface area contributed by atoms with Crippen molar-refractivity contribution in [2.45, 2.75) is 19.8 Å². The first-order valence-corrected chi connectivity index (χ1v) is 12.0. The van der Waals surface area contributed by atoms with E-state index in [1.165, 1.54) is 25.1 Å². The third kappa shape index (κ3) is 5.67. The van der Waals surface area contributed by atoms with Crippen molar-refractivity contribution < 1.29 is 14.5 Å². The van der Waals surface area contributed by atoms with E-state index in [0.717, 1.165) is 17.3 Å². The van der Waals surface area contributed by atoms with Crippen molar-refractivity contribution in [3.8, 4) is 6.07 Å². The van der Waals surface area contributed by atoms with E-state index in [9.17, 15) is 25.0 Å². The molecule has 1 aliphatic heterocycles. The van der Waals surface area contributed by atoms with Crippen LogP contribution in [0.4, 0.5) is 11.4 Å². The van der Waals surface area contributed by atoms with Gasteiger partial charge in [-0.05, 0) is 53.5 Å². The van der Waals surface area contributed by atoms with Crippen molar-refractivity contribution in [3.63, 3.8) is 0 Å². The number of allylic oxidation sites excluding steroid dienone is 3. The van der Waals surface area contributed by atoms with Gasteiger partial charge in [-0.2, -0.15) is 5.26 Å². The second-order valence-electron chi connectivity index (χ2n) is 7.32. The zero-order valence-corrected chi connectivity index (χ0v) is 21.2. The number of benzene rings is 2. The molecule has 11 heteroatoms. The summed E-state index contributed by atoms with van der Waals surface area (Å²) in [5.74, 6) is -1.15. The van der Waals surface area contributed by atoms with Gasteiger partial charge in [0, 0.05) is 32.9 Å². The number of carbonyl (C=O) groups is 2. The van der Waals surface area contributed by atoms with Gasteiger partial charge in [-0.25, -0.2) is 0 Å². The van der Waals surface area contributed by atoms with E-state index < -0.39 is 10.8 Å². The van der Waals surface area contributed by atoms with Gasteiger partial charge in [0.15, 0.2) is 5.78 Å². The highest BCUT2D eigenvalue weighted by atomic mass is 79.9. The number of anilines is 1. The monoisotopic (exact) mass is 560 g/mol. The van der Waals surface area contributed by atoms with Crippen LogP contribution >= 0.6 is 39.3 Å². The molecule has 0 radical (unpaired) electrons. The summed E-state index contributed by atoms with van der Waals surface area (Å²) in [6.45, 7) is 3.20. The Morgan fingerprint density at radius 3 is 2.53 bits per heavy atom. The Morgan fingerprint density at radius 2 is 1.97 bits per heavy atom. The quantitative estimate of drug-likeness (QED) is 0.330. The lowest BCUT2D eigenvalue weighted by Crippen LogP contribution is -2.27. The van der Waals surface area contributed by atoms with E-state index in [1.54, 1.807) is 31.2 Å². The molecule has 1 heterocycles. The number of ketones is 1. The Balaban J connectivity index is 1.84. The number of nitro groups is 1. The lowest BCUT2D eigenvalue weighted by molar-refractivity contribution is -0.384. The largest absolute Gasteiger partial charge is 0.353 e. The standard InChI is InChI=1S/C23H18BrClN4O4S/c1-12-21(13(2)30)22(14-3-5-15(25)6-4-14)17(10-26)23(27-12)34-11-20(31)28-19-8-7-16(29(32)33)9-18(19)24/h3-9,22,27H,11H2,1-2H3,(H,28,31)/t22-/m1/s1. The molecule has 2 N–H and O–H groups in total. The molecule has 0 unspecified atom stereocenters. The Kier molecular flexibility index (Phi) is 8.15.